The van der Waals surface area contributed by atoms with Crippen molar-refractivity contribution in [1.82, 2.24) is 14.5 Å². The van der Waals surface area contributed by atoms with E-state index in [0.29, 0.717) is 33.1 Å². The highest BCUT2D eigenvalue weighted by molar-refractivity contribution is 7.99. The van der Waals surface area contributed by atoms with Crippen LogP contribution < -0.4 is 10.9 Å². The second-order valence-corrected chi connectivity index (χ2v) is 8.43. The van der Waals surface area contributed by atoms with Gasteiger partial charge in [0, 0.05) is 11.4 Å². The quantitative estimate of drug-likeness (QED) is 0.256. The maximum absolute atomic E-state index is 13.2. The Morgan fingerprint density at radius 1 is 1.09 bits per heavy atom. The molecule has 4 aromatic rings. The molecule has 0 saturated carbocycles. The van der Waals surface area contributed by atoms with E-state index in [9.17, 15) is 14.4 Å². The van der Waals surface area contributed by atoms with Crippen molar-refractivity contribution in [3.05, 3.63) is 81.8 Å². The number of hydrogen-bond donors (Lipinski definition) is 2. The highest BCUT2D eigenvalue weighted by Crippen LogP contribution is 2.22. The van der Waals surface area contributed by atoms with Gasteiger partial charge in [-0.05, 0) is 56.3 Å². The second kappa shape index (κ2) is 9.33. The number of hydrogen-bond acceptors (Lipinski definition) is 6. The molecule has 0 saturated heterocycles. The Morgan fingerprint density at radius 2 is 1.79 bits per heavy atom. The first-order valence-electron chi connectivity index (χ1n) is 10.2. The highest BCUT2D eigenvalue weighted by atomic mass is 32.2. The summed E-state index contributed by atoms with van der Waals surface area (Å²) in [5, 5.41) is 3.21. The van der Waals surface area contributed by atoms with E-state index in [2.05, 4.69) is 20.0 Å². The van der Waals surface area contributed by atoms with Gasteiger partial charge in [-0.3, -0.25) is 14.2 Å². The average Bonchev–Trinajstić information content (AvgIpc) is 3.19. The smallest absolute Gasteiger partial charge is 0.337 e. The van der Waals surface area contributed by atoms with Gasteiger partial charge in [0.05, 0.1) is 29.6 Å². The van der Waals surface area contributed by atoms with Crippen molar-refractivity contribution in [3.63, 3.8) is 0 Å². The molecule has 0 radical (unpaired) electrons. The number of carbonyl (C=O) groups excluding carboxylic acids is 2. The highest BCUT2D eigenvalue weighted by Gasteiger charge is 2.16. The third kappa shape index (κ3) is 4.83. The Morgan fingerprint density at radius 3 is 2.45 bits per heavy atom. The molecule has 0 aliphatic heterocycles. The van der Waals surface area contributed by atoms with E-state index in [4.69, 9.17) is 0 Å². The Hall–Kier alpha value is -3.85. The number of ether oxygens (including phenoxy) is 1. The molecule has 0 unspecified atom stereocenters. The molecule has 2 heterocycles. The predicted octanol–water partition coefficient (Wildman–Crippen LogP) is 3.85. The summed E-state index contributed by atoms with van der Waals surface area (Å²) in [7, 11) is 1.31. The molecule has 0 spiro atoms. The first-order valence-corrected chi connectivity index (χ1v) is 11.1. The minimum absolute atomic E-state index is 0.0476. The van der Waals surface area contributed by atoms with Crippen LogP contribution in [0.25, 0.3) is 16.7 Å². The van der Waals surface area contributed by atoms with Crippen molar-refractivity contribution < 1.29 is 14.3 Å². The number of anilines is 1. The summed E-state index contributed by atoms with van der Waals surface area (Å²) in [6, 6.07) is 15.8. The lowest BCUT2D eigenvalue weighted by Gasteiger charge is -2.12. The van der Waals surface area contributed by atoms with Crippen molar-refractivity contribution in [1.29, 1.82) is 0 Å². The molecule has 2 N–H and O–H groups in total. The van der Waals surface area contributed by atoms with E-state index in [0.717, 1.165) is 11.3 Å². The number of aromatic nitrogens is 3. The van der Waals surface area contributed by atoms with Crippen LogP contribution in [-0.2, 0) is 9.53 Å². The fourth-order valence-electron chi connectivity index (χ4n) is 3.33. The summed E-state index contributed by atoms with van der Waals surface area (Å²) in [6.45, 7) is 3.84. The molecule has 0 atom stereocenters. The SMILES string of the molecule is COC(=O)c1ccc(NC(=O)CSc2nc3cc(C)[nH]c3c(=O)n2-c2ccc(C)cc2)cc1. The topological polar surface area (TPSA) is 106 Å². The van der Waals surface area contributed by atoms with E-state index < -0.39 is 5.97 Å². The molecule has 33 heavy (non-hydrogen) atoms. The van der Waals surface area contributed by atoms with Crippen LogP contribution in [-0.4, -0.2) is 39.3 Å². The van der Waals surface area contributed by atoms with Gasteiger partial charge in [-0.2, -0.15) is 0 Å². The molecule has 9 heteroatoms. The zero-order valence-corrected chi connectivity index (χ0v) is 19.2. The molecule has 168 valence electrons. The summed E-state index contributed by atoms with van der Waals surface area (Å²) in [5.41, 5.74) is 4.28. The average molecular weight is 463 g/mol. The second-order valence-electron chi connectivity index (χ2n) is 7.49. The molecule has 0 bridgehead atoms. The number of thioether (sulfide) groups is 1. The molecule has 0 aliphatic rings. The van der Waals surface area contributed by atoms with Crippen molar-refractivity contribution in [3.8, 4) is 5.69 Å². The molecule has 1 amide bonds. The predicted molar refractivity (Wildman–Crippen MR) is 128 cm³/mol. The molecular formula is C24H22N4O4S. The molecule has 0 fully saturated rings. The third-order valence-corrected chi connectivity index (χ3v) is 5.91. The Balaban J connectivity index is 1.58. The molecule has 8 nitrogen and oxygen atoms in total. The van der Waals surface area contributed by atoms with E-state index in [1.165, 1.54) is 23.4 Å². The van der Waals surface area contributed by atoms with Crippen LogP contribution in [0, 0.1) is 13.8 Å². The van der Waals surface area contributed by atoms with Gasteiger partial charge in [0.25, 0.3) is 5.56 Å². The van der Waals surface area contributed by atoms with Gasteiger partial charge in [-0.25, -0.2) is 9.78 Å². The maximum Gasteiger partial charge on any atom is 0.337 e. The van der Waals surface area contributed by atoms with E-state index in [-0.39, 0.29) is 17.2 Å². The third-order valence-electron chi connectivity index (χ3n) is 4.97. The zero-order chi connectivity index (χ0) is 23.5. The largest absolute Gasteiger partial charge is 0.465 e. The Kier molecular flexibility index (Phi) is 6.32. The molecule has 2 aromatic carbocycles. The fraction of sp³-hybridized carbons (Fsp3) is 0.167. The number of nitrogens with one attached hydrogen (secondary N) is 2. The van der Waals surface area contributed by atoms with Crippen LogP contribution in [0.5, 0.6) is 0 Å². The number of esters is 1. The number of methoxy groups -OCH3 is 1. The minimum Gasteiger partial charge on any atom is -0.465 e. The molecular weight excluding hydrogens is 440 g/mol. The van der Waals surface area contributed by atoms with Gasteiger partial charge in [0.15, 0.2) is 5.16 Å². The van der Waals surface area contributed by atoms with Gasteiger partial charge in [0.2, 0.25) is 5.91 Å². The number of nitrogens with zero attached hydrogens (tertiary/aromatic N) is 2. The number of carbonyl (C=O) groups is 2. The summed E-state index contributed by atoms with van der Waals surface area (Å²) in [5.74, 6) is -0.661. The lowest BCUT2D eigenvalue weighted by atomic mass is 10.2. The summed E-state index contributed by atoms with van der Waals surface area (Å²) in [6.07, 6.45) is 0. The zero-order valence-electron chi connectivity index (χ0n) is 18.3. The van der Waals surface area contributed by atoms with Crippen LogP contribution in [0.1, 0.15) is 21.6 Å². The molecule has 0 aliphatic carbocycles. The minimum atomic E-state index is -0.445. The van der Waals surface area contributed by atoms with Crippen LogP contribution >= 0.6 is 11.8 Å². The van der Waals surface area contributed by atoms with Gasteiger partial charge < -0.3 is 15.0 Å². The first kappa shape index (κ1) is 22.3. The normalized spacial score (nSPS) is 10.9. The van der Waals surface area contributed by atoms with Crippen LogP contribution in [0.2, 0.25) is 0 Å². The summed E-state index contributed by atoms with van der Waals surface area (Å²) in [4.78, 5) is 45.1. The van der Waals surface area contributed by atoms with Crippen LogP contribution in [0.3, 0.4) is 0 Å². The van der Waals surface area contributed by atoms with E-state index in [1.54, 1.807) is 24.3 Å². The summed E-state index contributed by atoms with van der Waals surface area (Å²) >= 11 is 1.18. The van der Waals surface area contributed by atoms with Gasteiger partial charge in [0.1, 0.15) is 5.52 Å². The number of rotatable bonds is 6. The number of aromatic amines is 1. The van der Waals surface area contributed by atoms with Crippen molar-refractivity contribution in [2.75, 3.05) is 18.2 Å². The molecule has 2 aromatic heterocycles. The Bertz CT molecular complexity index is 1390. The lowest BCUT2D eigenvalue weighted by molar-refractivity contribution is -0.113. The Labute approximate surface area is 194 Å². The number of aryl methyl sites for hydroxylation is 2. The monoisotopic (exact) mass is 462 g/mol. The van der Waals surface area contributed by atoms with Crippen LogP contribution in [0.4, 0.5) is 5.69 Å². The standard InChI is InChI=1S/C24H22N4O4S/c1-14-4-10-18(11-5-14)28-22(30)21-19(12-15(2)25-21)27-24(28)33-13-20(29)26-17-8-6-16(7-9-17)23(31)32-3/h4-12,25H,13H2,1-3H3,(H,26,29). The molecule has 4 rings (SSSR count). The van der Waals surface area contributed by atoms with Crippen molar-refractivity contribution >= 4 is 40.4 Å². The maximum atomic E-state index is 13.2. The number of fused-ring (bicyclic) bond motifs is 1. The van der Waals surface area contributed by atoms with Gasteiger partial charge in [-0.1, -0.05) is 29.5 Å². The number of benzene rings is 2. The van der Waals surface area contributed by atoms with Gasteiger partial charge >= 0.3 is 5.97 Å². The first-order chi connectivity index (χ1) is 15.9. The van der Waals surface area contributed by atoms with Gasteiger partial charge in [-0.15, -0.1) is 0 Å². The van der Waals surface area contributed by atoms with Crippen LogP contribution in [0.15, 0.2) is 64.5 Å². The lowest BCUT2D eigenvalue weighted by Crippen LogP contribution is -2.23. The van der Waals surface area contributed by atoms with E-state index >= 15 is 0 Å². The fourth-order valence-corrected chi connectivity index (χ4v) is 4.14. The number of H-pyrrole nitrogens is 1. The summed E-state index contributed by atoms with van der Waals surface area (Å²) < 4.78 is 6.19. The van der Waals surface area contributed by atoms with Crippen molar-refractivity contribution in [2.45, 2.75) is 19.0 Å². The van der Waals surface area contributed by atoms with E-state index in [1.807, 2.05) is 44.2 Å². The van der Waals surface area contributed by atoms with Crippen molar-refractivity contribution in [2.24, 2.45) is 0 Å². The number of amides is 1.